The molecule has 0 N–H and O–H groups in total. The van der Waals surface area contributed by atoms with E-state index in [1.807, 2.05) is 64.3 Å². The molecule has 0 saturated heterocycles. The fourth-order valence-electron chi connectivity index (χ4n) is 3.15. The van der Waals surface area contributed by atoms with Crippen LogP contribution in [-0.2, 0) is 6.42 Å². The van der Waals surface area contributed by atoms with Crippen molar-refractivity contribution in [2.24, 2.45) is 5.92 Å². The van der Waals surface area contributed by atoms with Crippen LogP contribution >= 0.6 is 0 Å². The monoisotopic (exact) mass is 498 g/mol. The molecule has 3 aromatic heterocycles. The molecule has 0 amide bonds. The first kappa shape index (κ1) is 30.4. The van der Waals surface area contributed by atoms with Crippen LogP contribution < -0.4 is 4.74 Å². The highest BCUT2D eigenvalue weighted by atomic mass is 19.1. The number of ether oxygens (including phenoxy) is 1. The summed E-state index contributed by atoms with van der Waals surface area (Å²) in [5.74, 6) is 3.60. The average molecular weight is 499 g/mol. The maximum absolute atomic E-state index is 12.3. The Bertz CT molecular complexity index is 1170. The quantitative estimate of drug-likeness (QED) is 0.301. The van der Waals surface area contributed by atoms with Gasteiger partial charge in [0.15, 0.2) is 17.5 Å². The van der Waals surface area contributed by atoms with Gasteiger partial charge >= 0.3 is 0 Å². The molecule has 36 heavy (non-hydrogen) atoms. The number of hydrogen-bond donors (Lipinski definition) is 0. The van der Waals surface area contributed by atoms with Gasteiger partial charge in [0.25, 0.3) is 0 Å². The Labute approximate surface area is 214 Å². The van der Waals surface area contributed by atoms with Crippen molar-refractivity contribution in [3.05, 3.63) is 65.8 Å². The minimum Gasteiger partial charge on any atom is -0.495 e. The molecule has 0 unspecified atom stereocenters. The molecule has 0 aliphatic carbocycles. The minimum absolute atomic E-state index is 0.377. The predicted molar refractivity (Wildman–Crippen MR) is 141 cm³/mol. The molecule has 4 aromatic rings. The van der Waals surface area contributed by atoms with Gasteiger partial charge in [-0.2, -0.15) is 0 Å². The Kier molecular flexibility index (Phi) is 13.0. The molecule has 0 saturated carbocycles. The molecule has 0 bridgehead atoms. The van der Waals surface area contributed by atoms with Crippen molar-refractivity contribution in [3.63, 3.8) is 0 Å². The predicted octanol–water partition coefficient (Wildman–Crippen LogP) is 6.72. The highest BCUT2D eigenvalue weighted by molar-refractivity contribution is 5.60. The van der Waals surface area contributed by atoms with Gasteiger partial charge in [-0.25, -0.2) is 19.3 Å². The molecule has 8 nitrogen and oxygen atoms in total. The number of oxazole rings is 1. The summed E-state index contributed by atoms with van der Waals surface area (Å²) in [5.41, 5.74) is 2.63. The summed E-state index contributed by atoms with van der Waals surface area (Å²) in [4.78, 5) is 12.0. The molecule has 0 atom stereocenters. The Balaban J connectivity index is 0.000000366. The lowest BCUT2D eigenvalue weighted by molar-refractivity contribution is 0.412. The van der Waals surface area contributed by atoms with E-state index in [0.29, 0.717) is 29.2 Å². The second-order valence-corrected chi connectivity index (χ2v) is 7.70. The lowest BCUT2D eigenvalue weighted by Crippen LogP contribution is -2.05. The van der Waals surface area contributed by atoms with Gasteiger partial charge in [-0.05, 0) is 31.4 Å². The van der Waals surface area contributed by atoms with Crippen LogP contribution in [0.1, 0.15) is 64.6 Å². The molecular weight excluding hydrogens is 459 g/mol. The first-order valence-corrected chi connectivity index (χ1v) is 12.2. The smallest absolute Gasteiger partial charge is 0.191 e. The number of aromatic nitrogens is 6. The van der Waals surface area contributed by atoms with Gasteiger partial charge in [-0.15, -0.1) is 10.2 Å². The zero-order valence-corrected chi connectivity index (χ0v) is 23.1. The second-order valence-electron chi connectivity index (χ2n) is 7.70. The van der Waals surface area contributed by atoms with E-state index in [0.717, 1.165) is 29.2 Å². The number of rotatable bonds is 5. The maximum Gasteiger partial charge on any atom is 0.191 e. The van der Waals surface area contributed by atoms with Crippen LogP contribution in [0.3, 0.4) is 0 Å². The summed E-state index contributed by atoms with van der Waals surface area (Å²) < 4.78 is 25.0. The third-order valence-electron chi connectivity index (χ3n) is 4.58. The fourth-order valence-corrected chi connectivity index (χ4v) is 3.15. The first-order valence-electron chi connectivity index (χ1n) is 12.2. The van der Waals surface area contributed by atoms with E-state index in [-0.39, 0.29) is 5.82 Å². The molecular formula is C27H39FN6O2. The Morgan fingerprint density at radius 1 is 1.00 bits per heavy atom. The van der Waals surface area contributed by atoms with Crippen molar-refractivity contribution >= 4 is 0 Å². The van der Waals surface area contributed by atoms with E-state index in [1.165, 1.54) is 12.4 Å². The van der Waals surface area contributed by atoms with Crippen molar-refractivity contribution in [2.45, 2.75) is 68.7 Å². The Hall–Kier alpha value is -3.62. The van der Waals surface area contributed by atoms with Gasteiger partial charge < -0.3 is 9.15 Å². The van der Waals surface area contributed by atoms with E-state index >= 15 is 0 Å². The summed E-state index contributed by atoms with van der Waals surface area (Å²) in [7, 11) is 1.65. The molecule has 3 heterocycles. The van der Waals surface area contributed by atoms with Crippen molar-refractivity contribution in [1.82, 2.24) is 29.7 Å². The number of methoxy groups -OCH3 is 1. The third kappa shape index (κ3) is 8.25. The van der Waals surface area contributed by atoms with E-state index in [2.05, 4.69) is 39.0 Å². The van der Waals surface area contributed by atoms with Gasteiger partial charge in [0, 0.05) is 13.3 Å². The zero-order chi connectivity index (χ0) is 27.3. The molecule has 1 aromatic carbocycles. The summed E-state index contributed by atoms with van der Waals surface area (Å²) >= 11 is 0. The van der Waals surface area contributed by atoms with Crippen LogP contribution in [0.5, 0.6) is 5.75 Å². The van der Waals surface area contributed by atoms with Gasteiger partial charge in [-0.1, -0.05) is 53.7 Å². The van der Waals surface area contributed by atoms with E-state index in [4.69, 9.17) is 9.15 Å². The largest absolute Gasteiger partial charge is 0.495 e. The molecule has 0 radical (unpaired) electrons. The summed E-state index contributed by atoms with van der Waals surface area (Å²) in [6.07, 6.45) is 4.79. The molecule has 0 aliphatic heterocycles. The SMILES string of the molecule is CC.CC.CC(C)Cc1ncc(F)cn1.COc1cccc(C)c1-n1c(C)nnc1-c1coc(C)n1. The second kappa shape index (κ2) is 15.4. The fraction of sp³-hybridized carbons (Fsp3) is 0.444. The first-order chi connectivity index (χ1) is 17.3. The molecule has 4 rings (SSSR count). The van der Waals surface area contributed by atoms with Crippen molar-refractivity contribution in [1.29, 1.82) is 0 Å². The third-order valence-corrected chi connectivity index (χ3v) is 4.58. The summed E-state index contributed by atoms with van der Waals surface area (Å²) in [6, 6.07) is 5.89. The number of nitrogens with zero attached hydrogens (tertiary/aromatic N) is 6. The van der Waals surface area contributed by atoms with Crippen molar-refractivity contribution < 1.29 is 13.5 Å². The lowest BCUT2D eigenvalue weighted by Gasteiger charge is -2.14. The summed E-state index contributed by atoms with van der Waals surface area (Å²) in [5, 5.41) is 8.40. The van der Waals surface area contributed by atoms with E-state index < -0.39 is 0 Å². The summed E-state index contributed by atoms with van der Waals surface area (Å²) in [6.45, 7) is 17.9. The van der Waals surface area contributed by atoms with E-state index in [9.17, 15) is 4.39 Å². The van der Waals surface area contributed by atoms with Crippen LogP contribution in [0.15, 0.2) is 41.3 Å². The van der Waals surface area contributed by atoms with Crippen molar-refractivity contribution in [3.8, 4) is 23.0 Å². The number of aryl methyl sites for hydroxylation is 3. The van der Waals surface area contributed by atoms with Crippen molar-refractivity contribution in [2.75, 3.05) is 7.11 Å². The molecule has 9 heteroatoms. The van der Waals surface area contributed by atoms with E-state index in [1.54, 1.807) is 20.3 Å². The Morgan fingerprint density at radius 3 is 2.17 bits per heavy atom. The molecule has 0 aliphatic rings. The zero-order valence-electron chi connectivity index (χ0n) is 23.1. The lowest BCUT2D eigenvalue weighted by atomic mass is 10.1. The number of hydrogen-bond acceptors (Lipinski definition) is 7. The van der Waals surface area contributed by atoms with Crippen LogP contribution in [0.25, 0.3) is 17.2 Å². The van der Waals surface area contributed by atoms with Crippen LogP contribution in [0, 0.1) is 32.5 Å². The van der Waals surface area contributed by atoms with Crippen LogP contribution in [-0.4, -0.2) is 36.8 Å². The molecule has 196 valence electrons. The van der Waals surface area contributed by atoms with Gasteiger partial charge in [-0.3, -0.25) is 4.57 Å². The normalized spacial score (nSPS) is 9.89. The van der Waals surface area contributed by atoms with Gasteiger partial charge in [0.2, 0.25) is 0 Å². The highest BCUT2D eigenvalue weighted by Gasteiger charge is 2.20. The molecule has 0 spiro atoms. The number of halogens is 1. The molecule has 0 fully saturated rings. The average Bonchev–Trinajstić information content (AvgIpc) is 3.48. The minimum atomic E-state index is -0.377. The number of para-hydroxylation sites is 1. The highest BCUT2D eigenvalue weighted by Crippen LogP contribution is 2.31. The topological polar surface area (TPSA) is 91.8 Å². The van der Waals surface area contributed by atoms with Crippen LogP contribution in [0.2, 0.25) is 0 Å². The van der Waals surface area contributed by atoms with Crippen LogP contribution in [0.4, 0.5) is 4.39 Å². The number of benzene rings is 1. The Morgan fingerprint density at radius 2 is 1.64 bits per heavy atom. The van der Waals surface area contributed by atoms with Gasteiger partial charge in [0.05, 0.1) is 25.2 Å². The maximum atomic E-state index is 12.3. The standard InChI is InChI=1S/C15H16N4O2.C8H11FN2.2C2H6/c1-9-6-5-7-13(20-4)14(9)19-10(2)17-18-15(19)12-8-21-11(3)16-12;1-6(2)3-8-10-4-7(9)5-11-8;2*1-2/h5-8H,1-4H3;4-6H,3H2,1-2H3;2*1-2H3. The van der Waals surface area contributed by atoms with Gasteiger partial charge in [0.1, 0.15) is 29.4 Å².